The van der Waals surface area contributed by atoms with Gasteiger partial charge in [0.1, 0.15) is 18.1 Å². The average Bonchev–Trinajstić information content (AvgIpc) is 3.23. The summed E-state index contributed by atoms with van der Waals surface area (Å²) >= 11 is 1.52. The zero-order valence-electron chi connectivity index (χ0n) is 19.4. The van der Waals surface area contributed by atoms with Crippen LogP contribution in [-0.2, 0) is 24.0 Å². The molecule has 1 aliphatic heterocycles. The third-order valence-electron chi connectivity index (χ3n) is 5.39. The van der Waals surface area contributed by atoms with E-state index in [1.165, 1.54) is 16.7 Å². The summed E-state index contributed by atoms with van der Waals surface area (Å²) in [7, 11) is 0. The molecule has 0 saturated carbocycles. The van der Waals surface area contributed by atoms with Crippen LogP contribution in [0.5, 0.6) is 0 Å². The van der Waals surface area contributed by atoms with Crippen LogP contribution >= 0.6 is 11.8 Å². The highest BCUT2D eigenvalue weighted by molar-refractivity contribution is 7.98. The lowest BCUT2D eigenvalue weighted by Crippen LogP contribution is -2.57. The molecule has 11 nitrogen and oxygen atoms in total. The second-order valence-corrected chi connectivity index (χ2v) is 9.59. The van der Waals surface area contributed by atoms with E-state index in [2.05, 4.69) is 10.6 Å². The van der Waals surface area contributed by atoms with Gasteiger partial charge in [-0.15, -0.1) is 0 Å². The third-order valence-corrected chi connectivity index (χ3v) is 6.04. The normalized spacial score (nSPS) is 18.5. The molecule has 0 radical (unpaired) electrons. The summed E-state index contributed by atoms with van der Waals surface area (Å²) in [5.74, 6) is -3.35. The van der Waals surface area contributed by atoms with Crippen LogP contribution in [0.1, 0.15) is 52.4 Å². The molecule has 1 heterocycles. The number of likely N-dealkylation sites (tertiary alicyclic amines) is 1. The molecule has 0 aromatic heterocycles. The van der Waals surface area contributed by atoms with Crippen molar-refractivity contribution in [2.24, 2.45) is 11.7 Å². The number of nitrogens with zero attached hydrogens (tertiary/aromatic N) is 1. The topological polar surface area (TPSA) is 179 Å². The van der Waals surface area contributed by atoms with Crippen LogP contribution in [-0.4, -0.2) is 87.5 Å². The number of carbonyl (C=O) groups is 5. The van der Waals surface area contributed by atoms with E-state index in [0.717, 1.165) is 0 Å². The predicted octanol–water partition coefficient (Wildman–Crippen LogP) is 0.0229. The fourth-order valence-electron chi connectivity index (χ4n) is 3.64. The Bertz CT molecular complexity index is 719. The van der Waals surface area contributed by atoms with Crippen LogP contribution in [0.3, 0.4) is 0 Å². The van der Waals surface area contributed by atoms with Crippen LogP contribution in [0.2, 0.25) is 0 Å². The van der Waals surface area contributed by atoms with E-state index >= 15 is 0 Å². The average molecular weight is 489 g/mol. The van der Waals surface area contributed by atoms with Crippen molar-refractivity contribution >= 4 is 41.4 Å². The monoisotopic (exact) mass is 488 g/mol. The first-order chi connectivity index (χ1) is 15.5. The van der Waals surface area contributed by atoms with E-state index in [1.54, 1.807) is 0 Å². The van der Waals surface area contributed by atoms with Crippen LogP contribution in [0.25, 0.3) is 0 Å². The molecule has 0 aliphatic carbocycles. The van der Waals surface area contributed by atoms with Crippen molar-refractivity contribution in [2.75, 3.05) is 18.6 Å². The first kappa shape index (κ1) is 28.7. The Labute approximate surface area is 198 Å². The number of rotatable bonds is 14. The van der Waals surface area contributed by atoms with Gasteiger partial charge in [-0.2, -0.15) is 11.8 Å². The van der Waals surface area contributed by atoms with Crippen LogP contribution < -0.4 is 16.4 Å². The molecule has 0 bridgehead atoms. The van der Waals surface area contributed by atoms with Gasteiger partial charge in [-0.3, -0.25) is 19.2 Å². The summed E-state index contributed by atoms with van der Waals surface area (Å²) in [6.45, 7) is 4.00. The molecule has 3 amide bonds. The maximum atomic E-state index is 13.1. The fourth-order valence-corrected chi connectivity index (χ4v) is 4.13. The van der Waals surface area contributed by atoms with Crippen molar-refractivity contribution in [1.82, 2.24) is 15.5 Å². The maximum Gasteiger partial charge on any atom is 0.326 e. The Morgan fingerprint density at radius 1 is 1.06 bits per heavy atom. The lowest BCUT2D eigenvalue weighted by atomic mass is 10.0. The lowest BCUT2D eigenvalue weighted by molar-refractivity contribution is -0.149. The molecule has 4 unspecified atom stereocenters. The Morgan fingerprint density at radius 3 is 2.24 bits per heavy atom. The number of carboxylic acid groups (broad SMARTS) is 2. The molecule has 1 rings (SSSR count). The maximum absolute atomic E-state index is 13.1. The van der Waals surface area contributed by atoms with Gasteiger partial charge in [0.15, 0.2) is 0 Å². The highest BCUT2D eigenvalue weighted by Crippen LogP contribution is 2.20. The molecule has 6 N–H and O–H groups in total. The van der Waals surface area contributed by atoms with Gasteiger partial charge < -0.3 is 31.5 Å². The third kappa shape index (κ3) is 9.58. The summed E-state index contributed by atoms with van der Waals surface area (Å²) in [6.07, 6.45) is 2.88. The second-order valence-electron chi connectivity index (χ2n) is 8.60. The first-order valence-electron chi connectivity index (χ1n) is 11.1. The van der Waals surface area contributed by atoms with Gasteiger partial charge in [0.05, 0.1) is 6.04 Å². The smallest absolute Gasteiger partial charge is 0.326 e. The number of aliphatic carboxylic acids is 2. The van der Waals surface area contributed by atoms with Gasteiger partial charge in [0.2, 0.25) is 17.7 Å². The second kappa shape index (κ2) is 14.0. The highest BCUT2D eigenvalue weighted by atomic mass is 32.2. The largest absolute Gasteiger partial charge is 0.481 e. The molecule has 33 heavy (non-hydrogen) atoms. The standard InChI is InChI=1S/C21H36N4O7S/c1-12(2)11-15(20(30)25-9-4-5-16(25)21(31)32)24-19(29)14(6-7-17(26)27)23-18(28)13(22)8-10-33-3/h12-16H,4-11,22H2,1-3H3,(H,23,28)(H,24,29)(H,26,27)(H,31,32). The molecule has 4 atom stereocenters. The minimum atomic E-state index is -1.19. The number of hydrogen-bond donors (Lipinski definition) is 5. The Kier molecular flexibility index (Phi) is 12.2. The number of amides is 3. The van der Waals surface area contributed by atoms with Crippen LogP contribution in [0.4, 0.5) is 0 Å². The SMILES string of the molecule is CSCCC(N)C(=O)NC(CCC(=O)O)C(=O)NC(CC(C)C)C(=O)N1CCCC1C(=O)O. The van der Waals surface area contributed by atoms with E-state index in [1.807, 2.05) is 20.1 Å². The molecule has 0 aromatic rings. The van der Waals surface area contributed by atoms with Gasteiger partial charge in [0.25, 0.3) is 0 Å². The van der Waals surface area contributed by atoms with Crippen molar-refractivity contribution in [3.63, 3.8) is 0 Å². The molecule has 1 aliphatic rings. The van der Waals surface area contributed by atoms with Gasteiger partial charge in [-0.1, -0.05) is 13.8 Å². The van der Waals surface area contributed by atoms with E-state index in [0.29, 0.717) is 25.0 Å². The van der Waals surface area contributed by atoms with Gasteiger partial charge in [-0.05, 0) is 50.0 Å². The number of hydrogen-bond acceptors (Lipinski definition) is 7. The molecular formula is C21H36N4O7S. The Morgan fingerprint density at radius 2 is 1.70 bits per heavy atom. The van der Waals surface area contributed by atoms with Gasteiger partial charge in [0, 0.05) is 13.0 Å². The van der Waals surface area contributed by atoms with E-state index < -0.39 is 53.8 Å². The zero-order chi connectivity index (χ0) is 25.1. The van der Waals surface area contributed by atoms with Gasteiger partial charge >= 0.3 is 11.9 Å². The van der Waals surface area contributed by atoms with Crippen molar-refractivity contribution in [3.8, 4) is 0 Å². The number of nitrogens with one attached hydrogen (secondary N) is 2. The van der Waals surface area contributed by atoms with Crippen LogP contribution in [0, 0.1) is 5.92 Å². The summed E-state index contributed by atoms with van der Waals surface area (Å²) in [5, 5.41) is 23.6. The number of carboxylic acids is 2. The molecule has 0 aromatic carbocycles. The summed E-state index contributed by atoms with van der Waals surface area (Å²) in [5.41, 5.74) is 5.86. The predicted molar refractivity (Wildman–Crippen MR) is 124 cm³/mol. The van der Waals surface area contributed by atoms with Crippen molar-refractivity contribution in [1.29, 1.82) is 0 Å². The number of nitrogens with two attached hydrogens (primary N) is 1. The summed E-state index contributed by atoms with van der Waals surface area (Å²) in [6, 6.07) is -3.98. The lowest BCUT2D eigenvalue weighted by Gasteiger charge is -2.29. The summed E-state index contributed by atoms with van der Waals surface area (Å²) < 4.78 is 0. The van der Waals surface area contributed by atoms with E-state index in [4.69, 9.17) is 10.8 Å². The number of carbonyl (C=O) groups excluding carboxylic acids is 3. The molecule has 1 saturated heterocycles. The fraction of sp³-hybridized carbons (Fsp3) is 0.762. The quantitative estimate of drug-likeness (QED) is 0.225. The van der Waals surface area contributed by atoms with Crippen molar-refractivity contribution in [2.45, 2.75) is 76.5 Å². The molecule has 12 heteroatoms. The molecule has 188 valence electrons. The van der Waals surface area contributed by atoms with Crippen molar-refractivity contribution in [3.05, 3.63) is 0 Å². The Balaban J connectivity index is 2.99. The number of thioether (sulfide) groups is 1. The van der Waals surface area contributed by atoms with Crippen molar-refractivity contribution < 1.29 is 34.2 Å². The minimum Gasteiger partial charge on any atom is -0.481 e. The minimum absolute atomic E-state index is 0.0113. The molecule has 1 fully saturated rings. The van der Waals surface area contributed by atoms with E-state index in [-0.39, 0.29) is 31.7 Å². The van der Waals surface area contributed by atoms with Crippen LogP contribution in [0.15, 0.2) is 0 Å². The zero-order valence-corrected chi connectivity index (χ0v) is 20.2. The summed E-state index contributed by atoms with van der Waals surface area (Å²) in [4.78, 5) is 62.4. The molecular weight excluding hydrogens is 452 g/mol. The van der Waals surface area contributed by atoms with E-state index in [9.17, 15) is 29.1 Å². The first-order valence-corrected chi connectivity index (χ1v) is 12.5. The molecule has 0 spiro atoms. The highest BCUT2D eigenvalue weighted by Gasteiger charge is 2.38. The Hall–Kier alpha value is -2.34. The van der Waals surface area contributed by atoms with Gasteiger partial charge in [-0.25, -0.2) is 4.79 Å².